The minimum Gasteiger partial charge on any atom is -0.327 e. The molecule has 0 bridgehead atoms. The smallest absolute Gasteiger partial charge is 0.327 e. The topological polar surface area (TPSA) is 43.1 Å². The number of rotatable bonds is 4. The van der Waals surface area contributed by atoms with E-state index in [1.54, 1.807) is 0 Å². The number of hydrogen-bond acceptors (Lipinski definition) is 2. The first-order valence-electron chi connectivity index (χ1n) is 8.39. The second-order valence-electron chi connectivity index (χ2n) is 6.60. The zero-order valence-electron chi connectivity index (χ0n) is 13.8. The lowest BCUT2D eigenvalue weighted by atomic mass is 9.87. The van der Waals surface area contributed by atoms with Gasteiger partial charge in [0.15, 0.2) is 5.78 Å². The van der Waals surface area contributed by atoms with Gasteiger partial charge >= 0.3 is 6.18 Å². The Labute approximate surface area is 144 Å². The number of nitrogens with two attached hydrogens (primary N) is 1. The van der Waals surface area contributed by atoms with E-state index in [2.05, 4.69) is 0 Å². The monoisotopic (exact) mass is 347 g/mol. The highest BCUT2D eigenvalue weighted by molar-refractivity contribution is 5.96. The highest BCUT2D eigenvalue weighted by atomic mass is 19.4. The van der Waals surface area contributed by atoms with Crippen molar-refractivity contribution >= 4 is 5.78 Å². The van der Waals surface area contributed by atoms with Crippen LogP contribution in [0.25, 0.3) is 0 Å². The summed E-state index contributed by atoms with van der Waals surface area (Å²) in [4.78, 5) is 12.4. The summed E-state index contributed by atoms with van der Waals surface area (Å²) < 4.78 is 37.7. The number of benzene rings is 2. The average Bonchev–Trinajstić information content (AvgIpc) is 2.58. The van der Waals surface area contributed by atoms with Crippen molar-refractivity contribution in [3.63, 3.8) is 0 Å². The summed E-state index contributed by atoms with van der Waals surface area (Å²) >= 11 is 0. The van der Waals surface area contributed by atoms with Gasteiger partial charge in [-0.1, -0.05) is 24.3 Å². The van der Waals surface area contributed by atoms with Crippen molar-refractivity contribution in [2.24, 2.45) is 5.73 Å². The minimum absolute atomic E-state index is 0.0116. The number of aryl methyl sites for hydroxylation is 2. The molecule has 3 rings (SSSR count). The van der Waals surface area contributed by atoms with Gasteiger partial charge in [0.05, 0.1) is 5.56 Å². The number of ketones is 1. The van der Waals surface area contributed by atoms with Gasteiger partial charge in [0, 0.05) is 18.0 Å². The van der Waals surface area contributed by atoms with Gasteiger partial charge in [0.1, 0.15) is 0 Å². The predicted octanol–water partition coefficient (Wildman–Crippen LogP) is 4.34. The van der Waals surface area contributed by atoms with E-state index in [0.29, 0.717) is 12.0 Å². The summed E-state index contributed by atoms with van der Waals surface area (Å²) in [6.45, 7) is 0. The molecule has 2 nitrogen and oxygen atoms in total. The van der Waals surface area contributed by atoms with Gasteiger partial charge < -0.3 is 5.73 Å². The van der Waals surface area contributed by atoms with Crippen molar-refractivity contribution in [3.8, 4) is 0 Å². The summed E-state index contributed by atoms with van der Waals surface area (Å²) in [5.41, 5.74) is 9.07. The van der Waals surface area contributed by atoms with Crippen molar-refractivity contribution in [2.75, 3.05) is 0 Å². The van der Waals surface area contributed by atoms with E-state index in [4.69, 9.17) is 5.73 Å². The normalized spacial score (nSPS) is 17.2. The Kier molecular flexibility index (Phi) is 4.95. The van der Waals surface area contributed by atoms with Gasteiger partial charge in [-0.25, -0.2) is 0 Å². The Morgan fingerprint density at radius 2 is 1.80 bits per heavy atom. The summed E-state index contributed by atoms with van der Waals surface area (Å²) in [6.07, 6.45) is -0.968. The van der Waals surface area contributed by atoms with Crippen molar-refractivity contribution in [3.05, 3.63) is 70.3 Å². The Hall–Kier alpha value is -2.14. The van der Waals surface area contributed by atoms with Crippen LogP contribution in [0.2, 0.25) is 0 Å². The van der Waals surface area contributed by atoms with Gasteiger partial charge in [-0.05, 0) is 60.6 Å². The van der Waals surface area contributed by atoms with Gasteiger partial charge in [0.2, 0.25) is 0 Å². The minimum atomic E-state index is -4.33. The van der Waals surface area contributed by atoms with Crippen LogP contribution in [-0.2, 0) is 25.4 Å². The molecule has 5 heteroatoms. The maximum absolute atomic E-state index is 12.6. The molecule has 2 aromatic rings. The van der Waals surface area contributed by atoms with Gasteiger partial charge in [-0.2, -0.15) is 13.2 Å². The highest BCUT2D eigenvalue weighted by Crippen LogP contribution is 2.29. The van der Waals surface area contributed by atoms with Crippen LogP contribution in [0.4, 0.5) is 13.2 Å². The number of halogens is 3. The third kappa shape index (κ3) is 4.28. The van der Waals surface area contributed by atoms with Crippen LogP contribution in [0.5, 0.6) is 0 Å². The standard InChI is InChI=1S/C20H20F3NO/c21-20(22,23)17-7-1-13(2-8-17)3-10-19(25)16-5-4-15-12-18(24)9-6-14(15)11-16/h1-2,4-5,7-8,11,18H,3,6,9-10,12,24H2. The fourth-order valence-corrected chi connectivity index (χ4v) is 3.22. The maximum Gasteiger partial charge on any atom is 0.416 e. The van der Waals surface area contributed by atoms with Crippen LogP contribution < -0.4 is 5.73 Å². The fourth-order valence-electron chi connectivity index (χ4n) is 3.22. The average molecular weight is 347 g/mol. The first-order chi connectivity index (χ1) is 11.8. The fraction of sp³-hybridized carbons (Fsp3) is 0.350. The molecule has 0 saturated heterocycles. The quantitative estimate of drug-likeness (QED) is 0.836. The number of fused-ring (bicyclic) bond motifs is 1. The van der Waals surface area contributed by atoms with E-state index in [0.717, 1.165) is 37.0 Å². The third-order valence-corrected chi connectivity index (χ3v) is 4.72. The molecule has 2 N–H and O–H groups in total. The first kappa shape index (κ1) is 17.7. The molecule has 25 heavy (non-hydrogen) atoms. The Morgan fingerprint density at radius 3 is 2.48 bits per heavy atom. The molecule has 0 aromatic heterocycles. The SMILES string of the molecule is NC1CCc2cc(C(=O)CCc3ccc(C(F)(F)F)cc3)ccc2C1. The molecule has 0 fully saturated rings. The summed E-state index contributed by atoms with van der Waals surface area (Å²) in [5, 5.41) is 0. The van der Waals surface area contributed by atoms with Gasteiger partial charge in [0.25, 0.3) is 0 Å². The van der Waals surface area contributed by atoms with E-state index in [9.17, 15) is 18.0 Å². The lowest BCUT2D eigenvalue weighted by Crippen LogP contribution is -2.27. The van der Waals surface area contributed by atoms with Crippen LogP contribution in [0.3, 0.4) is 0 Å². The lowest BCUT2D eigenvalue weighted by Gasteiger charge is -2.21. The van der Waals surface area contributed by atoms with Crippen LogP contribution in [0, 0.1) is 0 Å². The van der Waals surface area contributed by atoms with Gasteiger partial charge in [-0.15, -0.1) is 0 Å². The molecule has 0 spiro atoms. The molecule has 1 atom stereocenters. The largest absolute Gasteiger partial charge is 0.416 e. The molecule has 0 amide bonds. The van der Waals surface area contributed by atoms with Crippen LogP contribution in [0.1, 0.15) is 45.5 Å². The zero-order valence-corrected chi connectivity index (χ0v) is 13.8. The van der Waals surface area contributed by atoms with Crippen LogP contribution in [-0.4, -0.2) is 11.8 Å². The Morgan fingerprint density at radius 1 is 1.08 bits per heavy atom. The van der Waals surface area contributed by atoms with Crippen LogP contribution in [0.15, 0.2) is 42.5 Å². The summed E-state index contributed by atoms with van der Waals surface area (Å²) in [6, 6.07) is 10.9. The molecular weight excluding hydrogens is 327 g/mol. The molecule has 0 aliphatic heterocycles. The molecule has 1 aliphatic carbocycles. The van der Waals surface area contributed by atoms with E-state index in [1.165, 1.54) is 23.3 Å². The van der Waals surface area contributed by atoms with Crippen LogP contribution >= 0.6 is 0 Å². The first-order valence-corrected chi connectivity index (χ1v) is 8.39. The zero-order chi connectivity index (χ0) is 18.0. The second kappa shape index (κ2) is 7.00. The summed E-state index contributed by atoms with van der Waals surface area (Å²) in [7, 11) is 0. The molecule has 2 aromatic carbocycles. The van der Waals surface area contributed by atoms with E-state index in [-0.39, 0.29) is 18.2 Å². The number of Topliss-reactive ketones (excluding diaryl/α,β-unsaturated/α-hetero) is 1. The maximum atomic E-state index is 12.6. The second-order valence-corrected chi connectivity index (χ2v) is 6.60. The molecule has 0 heterocycles. The number of carbonyl (C=O) groups is 1. The lowest BCUT2D eigenvalue weighted by molar-refractivity contribution is -0.137. The molecule has 1 aliphatic rings. The predicted molar refractivity (Wildman–Crippen MR) is 90.5 cm³/mol. The number of carbonyl (C=O) groups excluding carboxylic acids is 1. The Bertz CT molecular complexity index is 766. The highest BCUT2D eigenvalue weighted by Gasteiger charge is 2.29. The van der Waals surface area contributed by atoms with Gasteiger partial charge in [-0.3, -0.25) is 4.79 Å². The van der Waals surface area contributed by atoms with Crippen molar-refractivity contribution in [1.29, 1.82) is 0 Å². The third-order valence-electron chi connectivity index (χ3n) is 4.72. The molecule has 1 unspecified atom stereocenters. The number of alkyl halides is 3. The molecule has 0 saturated carbocycles. The summed E-state index contributed by atoms with van der Waals surface area (Å²) in [5.74, 6) is 0.0116. The van der Waals surface area contributed by atoms with Crippen molar-refractivity contribution in [2.45, 2.75) is 44.3 Å². The van der Waals surface area contributed by atoms with E-state index < -0.39 is 11.7 Å². The van der Waals surface area contributed by atoms with E-state index >= 15 is 0 Å². The number of hydrogen-bond donors (Lipinski definition) is 1. The van der Waals surface area contributed by atoms with Crippen molar-refractivity contribution in [1.82, 2.24) is 0 Å². The molecule has 132 valence electrons. The Balaban J connectivity index is 1.63. The molecule has 0 radical (unpaired) electrons. The molecular formula is C20H20F3NO. The van der Waals surface area contributed by atoms with Crippen molar-refractivity contribution < 1.29 is 18.0 Å². The van der Waals surface area contributed by atoms with E-state index in [1.807, 2.05) is 18.2 Å².